The molecule has 1 heterocycles. The fourth-order valence-corrected chi connectivity index (χ4v) is 2.23. The molecular weight excluding hydrogens is 222 g/mol. The first-order valence-corrected chi connectivity index (χ1v) is 5.82. The van der Waals surface area contributed by atoms with Crippen LogP contribution in [0.3, 0.4) is 0 Å². The average molecular weight is 235 g/mol. The van der Waals surface area contributed by atoms with Gasteiger partial charge in [-0.3, -0.25) is 0 Å². The molecule has 0 spiro atoms. The molecule has 0 amide bonds. The van der Waals surface area contributed by atoms with Crippen LogP contribution in [0.25, 0.3) is 22.0 Å². The molecule has 0 fully saturated rings. The molecule has 3 nitrogen and oxygen atoms in total. The molecule has 18 heavy (non-hydrogen) atoms. The van der Waals surface area contributed by atoms with Crippen molar-refractivity contribution in [2.45, 2.75) is 6.92 Å². The number of rotatable bonds is 1. The SMILES string of the molecule is Cc1ccc2ccccc2c1-c1cc(N)ncn1. The van der Waals surface area contributed by atoms with E-state index in [0.29, 0.717) is 5.82 Å². The summed E-state index contributed by atoms with van der Waals surface area (Å²) >= 11 is 0. The zero-order chi connectivity index (χ0) is 12.5. The van der Waals surface area contributed by atoms with Gasteiger partial charge >= 0.3 is 0 Å². The van der Waals surface area contributed by atoms with Gasteiger partial charge in [0, 0.05) is 11.6 Å². The number of hydrogen-bond donors (Lipinski definition) is 1. The predicted molar refractivity (Wildman–Crippen MR) is 74.1 cm³/mol. The van der Waals surface area contributed by atoms with Crippen molar-refractivity contribution >= 4 is 16.6 Å². The lowest BCUT2D eigenvalue weighted by Gasteiger charge is -2.09. The highest BCUT2D eigenvalue weighted by atomic mass is 14.9. The topological polar surface area (TPSA) is 51.8 Å². The van der Waals surface area contributed by atoms with Crippen molar-refractivity contribution in [3.8, 4) is 11.3 Å². The van der Waals surface area contributed by atoms with E-state index in [0.717, 1.165) is 11.3 Å². The van der Waals surface area contributed by atoms with Crippen LogP contribution < -0.4 is 5.73 Å². The minimum atomic E-state index is 0.493. The standard InChI is InChI=1S/C15H13N3/c1-10-6-7-11-4-2-3-5-12(11)15(10)13-8-14(16)18-9-17-13/h2-9H,1H3,(H2,16,17,18). The summed E-state index contributed by atoms with van der Waals surface area (Å²) in [6, 6.07) is 14.3. The van der Waals surface area contributed by atoms with Gasteiger partial charge in [0.05, 0.1) is 5.69 Å². The molecule has 0 atom stereocenters. The number of aromatic nitrogens is 2. The largest absolute Gasteiger partial charge is 0.384 e. The number of hydrogen-bond acceptors (Lipinski definition) is 3. The summed E-state index contributed by atoms with van der Waals surface area (Å²) in [6.07, 6.45) is 1.51. The van der Waals surface area contributed by atoms with E-state index >= 15 is 0 Å². The molecule has 0 saturated heterocycles. The molecule has 0 unspecified atom stereocenters. The highest BCUT2D eigenvalue weighted by molar-refractivity contribution is 5.97. The van der Waals surface area contributed by atoms with Gasteiger partial charge in [-0.1, -0.05) is 36.4 Å². The van der Waals surface area contributed by atoms with Crippen LogP contribution in [0.1, 0.15) is 5.56 Å². The number of fused-ring (bicyclic) bond motifs is 1. The highest BCUT2D eigenvalue weighted by Gasteiger charge is 2.08. The second-order valence-corrected chi connectivity index (χ2v) is 4.31. The molecule has 0 aliphatic carbocycles. The Balaban J connectivity index is 2.37. The first-order chi connectivity index (χ1) is 8.75. The molecule has 3 rings (SSSR count). The van der Waals surface area contributed by atoms with Crippen LogP contribution in [-0.2, 0) is 0 Å². The Kier molecular flexibility index (Phi) is 2.45. The van der Waals surface area contributed by atoms with E-state index in [9.17, 15) is 0 Å². The Bertz CT molecular complexity index is 720. The molecule has 1 aromatic heterocycles. The maximum atomic E-state index is 5.74. The van der Waals surface area contributed by atoms with Crippen LogP contribution >= 0.6 is 0 Å². The molecule has 0 bridgehead atoms. The fraction of sp³-hybridized carbons (Fsp3) is 0.0667. The summed E-state index contributed by atoms with van der Waals surface area (Å²) in [5, 5.41) is 2.39. The number of aryl methyl sites for hydroxylation is 1. The lowest BCUT2D eigenvalue weighted by atomic mass is 9.97. The van der Waals surface area contributed by atoms with Gasteiger partial charge in [-0.25, -0.2) is 9.97 Å². The molecule has 0 aliphatic heterocycles. The third-order valence-electron chi connectivity index (χ3n) is 3.08. The van der Waals surface area contributed by atoms with E-state index in [4.69, 9.17) is 5.73 Å². The van der Waals surface area contributed by atoms with Crippen LogP contribution in [0.2, 0.25) is 0 Å². The summed E-state index contributed by atoms with van der Waals surface area (Å²) in [6.45, 7) is 2.08. The normalized spacial score (nSPS) is 10.7. The molecule has 0 radical (unpaired) electrons. The molecule has 0 aliphatic rings. The Morgan fingerprint density at radius 1 is 1.00 bits per heavy atom. The molecule has 88 valence electrons. The molecule has 2 N–H and O–H groups in total. The third kappa shape index (κ3) is 1.70. The van der Waals surface area contributed by atoms with E-state index in [2.05, 4.69) is 41.2 Å². The monoisotopic (exact) mass is 235 g/mol. The van der Waals surface area contributed by atoms with Crippen LogP contribution in [0.4, 0.5) is 5.82 Å². The van der Waals surface area contributed by atoms with Crippen LogP contribution in [0, 0.1) is 6.92 Å². The average Bonchev–Trinajstić information content (AvgIpc) is 2.38. The van der Waals surface area contributed by atoms with Gasteiger partial charge in [0.15, 0.2) is 0 Å². The molecule has 0 saturated carbocycles. The number of nitrogens with two attached hydrogens (primary N) is 1. The zero-order valence-electron chi connectivity index (χ0n) is 10.1. The van der Waals surface area contributed by atoms with Crippen molar-refractivity contribution < 1.29 is 0 Å². The highest BCUT2D eigenvalue weighted by Crippen LogP contribution is 2.30. The summed E-state index contributed by atoms with van der Waals surface area (Å²) in [4.78, 5) is 8.27. The molecular formula is C15H13N3. The smallest absolute Gasteiger partial charge is 0.127 e. The fourth-order valence-electron chi connectivity index (χ4n) is 2.23. The molecule has 3 aromatic rings. The first kappa shape index (κ1) is 10.7. The third-order valence-corrected chi connectivity index (χ3v) is 3.08. The van der Waals surface area contributed by atoms with Gasteiger partial charge in [-0.15, -0.1) is 0 Å². The van der Waals surface area contributed by atoms with Gasteiger partial charge in [0.2, 0.25) is 0 Å². The molecule has 3 heteroatoms. The van der Waals surface area contributed by atoms with Crippen molar-refractivity contribution in [3.05, 3.63) is 54.4 Å². The van der Waals surface area contributed by atoms with Crippen LogP contribution in [-0.4, -0.2) is 9.97 Å². The van der Waals surface area contributed by atoms with Crippen LogP contribution in [0.5, 0.6) is 0 Å². The van der Waals surface area contributed by atoms with Crippen molar-refractivity contribution in [3.63, 3.8) is 0 Å². The number of nitrogen functional groups attached to an aromatic ring is 1. The number of anilines is 1. The predicted octanol–water partition coefficient (Wildman–Crippen LogP) is 3.19. The van der Waals surface area contributed by atoms with E-state index in [1.165, 1.54) is 22.7 Å². The van der Waals surface area contributed by atoms with Crippen LogP contribution in [0.15, 0.2) is 48.8 Å². The van der Waals surface area contributed by atoms with E-state index in [1.807, 2.05) is 18.2 Å². The van der Waals surface area contributed by atoms with Crippen molar-refractivity contribution in [1.29, 1.82) is 0 Å². The van der Waals surface area contributed by atoms with Crippen molar-refractivity contribution in [1.82, 2.24) is 9.97 Å². The summed E-state index contributed by atoms with van der Waals surface area (Å²) in [5.41, 5.74) is 8.92. The second-order valence-electron chi connectivity index (χ2n) is 4.31. The van der Waals surface area contributed by atoms with Gasteiger partial charge in [-0.2, -0.15) is 0 Å². The zero-order valence-corrected chi connectivity index (χ0v) is 10.1. The number of benzene rings is 2. The Labute approximate surface area is 105 Å². The lowest BCUT2D eigenvalue weighted by Crippen LogP contribution is -1.94. The Morgan fingerprint density at radius 3 is 2.67 bits per heavy atom. The number of nitrogens with zero attached hydrogens (tertiary/aromatic N) is 2. The maximum absolute atomic E-state index is 5.74. The quantitative estimate of drug-likeness (QED) is 0.704. The summed E-state index contributed by atoms with van der Waals surface area (Å²) in [5.74, 6) is 0.493. The van der Waals surface area contributed by atoms with E-state index in [1.54, 1.807) is 0 Å². The van der Waals surface area contributed by atoms with Gasteiger partial charge < -0.3 is 5.73 Å². The molecule has 2 aromatic carbocycles. The second kappa shape index (κ2) is 4.11. The first-order valence-electron chi connectivity index (χ1n) is 5.82. The Morgan fingerprint density at radius 2 is 1.83 bits per heavy atom. The lowest BCUT2D eigenvalue weighted by molar-refractivity contribution is 1.18. The maximum Gasteiger partial charge on any atom is 0.127 e. The minimum absolute atomic E-state index is 0.493. The van der Waals surface area contributed by atoms with Gasteiger partial charge in [0.1, 0.15) is 12.1 Å². The summed E-state index contributed by atoms with van der Waals surface area (Å²) < 4.78 is 0. The minimum Gasteiger partial charge on any atom is -0.384 e. The Hall–Kier alpha value is -2.42. The van der Waals surface area contributed by atoms with Crippen molar-refractivity contribution in [2.75, 3.05) is 5.73 Å². The van der Waals surface area contributed by atoms with Gasteiger partial charge in [-0.05, 0) is 23.3 Å². The van der Waals surface area contributed by atoms with Gasteiger partial charge in [0.25, 0.3) is 0 Å². The van der Waals surface area contributed by atoms with E-state index < -0.39 is 0 Å². The van der Waals surface area contributed by atoms with E-state index in [-0.39, 0.29) is 0 Å². The summed E-state index contributed by atoms with van der Waals surface area (Å²) in [7, 11) is 0. The van der Waals surface area contributed by atoms with Crippen molar-refractivity contribution in [2.24, 2.45) is 0 Å².